The van der Waals surface area contributed by atoms with E-state index in [4.69, 9.17) is 4.74 Å². The number of aryl methyl sites for hydroxylation is 1. The number of piperazine rings is 1. The molecule has 0 amide bonds. The number of hydrogen-bond donors (Lipinski definition) is 0. The van der Waals surface area contributed by atoms with Gasteiger partial charge in [0.2, 0.25) is 0 Å². The van der Waals surface area contributed by atoms with E-state index in [9.17, 15) is 13.6 Å². The van der Waals surface area contributed by atoms with Gasteiger partial charge in [-0.2, -0.15) is 0 Å². The molecule has 178 valence electrons. The zero-order chi connectivity index (χ0) is 22.9. The summed E-state index contributed by atoms with van der Waals surface area (Å²) in [7, 11) is 0. The van der Waals surface area contributed by atoms with Crippen LogP contribution in [0.1, 0.15) is 45.1 Å². The van der Waals surface area contributed by atoms with Crippen molar-refractivity contribution < 1.29 is 18.3 Å². The van der Waals surface area contributed by atoms with E-state index >= 15 is 0 Å². The molecule has 1 aromatic rings. The summed E-state index contributed by atoms with van der Waals surface area (Å²) in [4.78, 5) is 18.7. The molecule has 7 nitrogen and oxygen atoms in total. The van der Waals surface area contributed by atoms with Crippen LogP contribution in [0.4, 0.5) is 5.69 Å². The first kappa shape index (κ1) is 23.7. The van der Waals surface area contributed by atoms with Crippen LogP contribution in [0.3, 0.4) is 0 Å². The summed E-state index contributed by atoms with van der Waals surface area (Å²) in [5.41, 5.74) is 2.15. The van der Waals surface area contributed by atoms with Crippen molar-refractivity contribution in [1.82, 2.24) is 9.80 Å². The van der Waals surface area contributed by atoms with Crippen molar-refractivity contribution in [2.45, 2.75) is 57.4 Å². The fraction of sp³-hybridized carbons (Fsp3) is 0.708. The monoisotopic (exact) mass is 462 g/mol. The molecule has 3 fully saturated rings. The minimum atomic E-state index is -2.17. The first-order valence-corrected chi connectivity index (χ1v) is 12.9. The van der Waals surface area contributed by atoms with Gasteiger partial charge in [-0.25, -0.2) is 0 Å². The van der Waals surface area contributed by atoms with Crippen molar-refractivity contribution in [1.29, 1.82) is 0 Å². The van der Waals surface area contributed by atoms with Crippen LogP contribution in [0.15, 0.2) is 24.3 Å². The molecule has 8 heteroatoms. The lowest BCUT2D eigenvalue weighted by atomic mass is 9.75. The molecule has 3 aliphatic rings. The van der Waals surface area contributed by atoms with Gasteiger partial charge in [-0.3, -0.25) is 18.8 Å². The Bertz CT molecular complexity index is 828. The van der Waals surface area contributed by atoms with Crippen LogP contribution in [-0.2, 0) is 20.6 Å². The number of hydrogen-bond acceptors (Lipinski definition) is 7. The Morgan fingerprint density at radius 2 is 1.72 bits per heavy atom. The van der Waals surface area contributed by atoms with Crippen molar-refractivity contribution in [2.24, 2.45) is 5.41 Å². The highest BCUT2D eigenvalue weighted by atomic mass is 32.2. The van der Waals surface area contributed by atoms with Gasteiger partial charge in [0.05, 0.1) is 10.3 Å². The lowest BCUT2D eigenvalue weighted by Crippen LogP contribution is -2.53. The van der Waals surface area contributed by atoms with Gasteiger partial charge >= 0.3 is 5.97 Å². The molecule has 1 unspecified atom stereocenters. The summed E-state index contributed by atoms with van der Waals surface area (Å²) < 4.78 is 28.9. The molecule has 32 heavy (non-hydrogen) atoms. The highest BCUT2D eigenvalue weighted by Crippen LogP contribution is 2.45. The molecule has 3 saturated heterocycles. The predicted octanol–water partition coefficient (Wildman–Crippen LogP) is 2.52. The van der Waals surface area contributed by atoms with Gasteiger partial charge in [-0.1, -0.05) is 17.7 Å². The third-order valence-electron chi connectivity index (χ3n) is 7.75. The number of esters is 1. The number of nitrogens with zero attached hydrogens (tertiary/aromatic N) is 3. The predicted molar refractivity (Wildman–Crippen MR) is 125 cm³/mol. The average molecular weight is 463 g/mol. The molecule has 1 aromatic carbocycles. The summed E-state index contributed by atoms with van der Waals surface area (Å²) in [5, 5.41) is 0. The molecule has 2 atom stereocenters. The van der Waals surface area contributed by atoms with Gasteiger partial charge in [-0.15, -0.1) is 0 Å². The maximum atomic E-state index is 12.7. The summed E-state index contributed by atoms with van der Waals surface area (Å²) in [6.07, 6.45) is 2.98. The minimum Gasteiger partial charge on any atom is -0.771 e. The number of anilines is 1. The number of piperidine rings is 1. The van der Waals surface area contributed by atoms with E-state index in [2.05, 4.69) is 41.0 Å². The molecular formula is C24H36N3O4S-. The Morgan fingerprint density at radius 3 is 2.31 bits per heavy atom. The zero-order valence-electron chi connectivity index (χ0n) is 19.5. The van der Waals surface area contributed by atoms with E-state index in [1.165, 1.54) is 11.3 Å². The number of ether oxygens (including phenoxy) is 1. The van der Waals surface area contributed by atoms with Crippen LogP contribution in [0.25, 0.3) is 0 Å². The van der Waals surface area contributed by atoms with E-state index in [1.807, 2.05) is 4.90 Å². The van der Waals surface area contributed by atoms with Crippen molar-refractivity contribution in [3.8, 4) is 0 Å². The zero-order valence-corrected chi connectivity index (χ0v) is 20.4. The molecule has 0 aromatic heterocycles. The summed E-state index contributed by atoms with van der Waals surface area (Å²) in [6.45, 7) is 11.8. The fourth-order valence-electron chi connectivity index (χ4n) is 5.30. The van der Waals surface area contributed by atoms with Gasteiger partial charge in [0.15, 0.2) is 0 Å². The second-order valence-electron chi connectivity index (χ2n) is 10.1. The number of cyclic esters (lactones) is 1. The third-order valence-corrected chi connectivity index (χ3v) is 8.83. The summed E-state index contributed by atoms with van der Waals surface area (Å²) in [5.74, 6) is -0.0765. The highest BCUT2D eigenvalue weighted by molar-refractivity contribution is 7.80. The van der Waals surface area contributed by atoms with E-state index in [0.29, 0.717) is 25.9 Å². The number of carbonyl (C=O) groups is 1. The second kappa shape index (κ2) is 9.41. The Balaban J connectivity index is 1.23. The molecule has 1 spiro atoms. The molecule has 0 bridgehead atoms. The van der Waals surface area contributed by atoms with Gasteiger partial charge in [-0.05, 0) is 63.2 Å². The molecule has 4 rings (SSSR count). The summed E-state index contributed by atoms with van der Waals surface area (Å²) in [6, 6.07) is 8.72. The molecule has 3 heterocycles. The lowest BCUT2D eigenvalue weighted by molar-refractivity contribution is -0.151. The third kappa shape index (κ3) is 4.88. The topological polar surface area (TPSA) is 76.1 Å². The van der Waals surface area contributed by atoms with Gasteiger partial charge in [0, 0.05) is 57.9 Å². The summed E-state index contributed by atoms with van der Waals surface area (Å²) >= 11 is -2.17. The SMILES string of the molecule is Cc1ccc(N2CCN(CC[C@@H]3CC4(CCN(C(C)(C)S(=O)[O-])CC4)C(=O)O3)CC2)cc1. The van der Waals surface area contributed by atoms with Crippen molar-refractivity contribution >= 4 is 22.7 Å². The molecule has 3 aliphatic heterocycles. The molecule has 0 saturated carbocycles. The van der Waals surface area contributed by atoms with Crippen LogP contribution in [-0.4, -0.2) is 81.3 Å². The van der Waals surface area contributed by atoms with E-state index < -0.39 is 21.4 Å². The lowest BCUT2D eigenvalue weighted by Gasteiger charge is -2.45. The van der Waals surface area contributed by atoms with Crippen molar-refractivity contribution in [2.75, 3.05) is 50.7 Å². The van der Waals surface area contributed by atoms with Gasteiger partial charge in [0.25, 0.3) is 0 Å². The molecule has 0 radical (unpaired) electrons. The van der Waals surface area contributed by atoms with Crippen LogP contribution >= 0.6 is 0 Å². The Kier molecular flexibility index (Phi) is 6.96. The van der Waals surface area contributed by atoms with E-state index in [1.54, 1.807) is 13.8 Å². The average Bonchev–Trinajstić information content (AvgIpc) is 3.08. The fourth-order valence-corrected chi connectivity index (χ4v) is 5.69. The van der Waals surface area contributed by atoms with Crippen molar-refractivity contribution in [3.63, 3.8) is 0 Å². The molecule has 0 N–H and O–H groups in total. The van der Waals surface area contributed by atoms with Crippen LogP contribution < -0.4 is 4.90 Å². The van der Waals surface area contributed by atoms with E-state index in [0.717, 1.165) is 45.6 Å². The normalized spacial score (nSPS) is 25.8. The maximum absolute atomic E-state index is 12.7. The highest BCUT2D eigenvalue weighted by Gasteiger charge is 2.51. The van der Waals surface area contributed by atoms with Gasteiger partial charge < -0.3 is 14.2 Å². The molecule has 0 aliphatic carbocycles. The van der Waals surface area contributed by atoms with Crippen molar-refractivity contribution in [3.05, 3.63) is 29.8 Å². The first-order chi connectivity index (χ1) is 15.2. The molecular weight excluding hydrogens is 426 g/mol. The number of carbonyl (C=O) groups excluding carboxylic acids is 1. The Labute approximate surface area is 194 Å². The maximum Gasteiger partial charge on any atom is 0.312 e. The van der Waals surface area contributed by atoms with Crippen LogP contribution in [0.5, 0.6) is 0 Å². The first-order valence-electron chi connectivity index (χ1n) is 11.8. The number of rotatable bonds is 6. The standard InChI is InChI=1S/C24H37N3O4S/c1-19-4-6-20(7-5-19)26-16-14-25(15-17-26)11-8-21-18-24(22(28)31-21)9-12-27(13-10-24)23(2,3)32(29)30/h4-7,21H,8-18H2,1-3H3,(H,29,30)/p-1/t21-/m1/s1. The quantitative estimate of drug-likeness (QED) is 0.475. The smallest absolute Gasteiger partial charge is 0.312 e. The Morgan fingerprint density at radius 1 is 1.09 bits per heavy atom. The number of likely N-dealkylation sites (tertiary alicyclic amines) is 1. The van der Waals surface area contributed by atoms with Gasteiger partial charge in [0.1, 0.15) is 6.10 Å². The van der Waals surface area contributed by atoms with E-state index in [-0.39, 0.29) is 12.1 Å². The van der Waals surface area contributed by atoms with Crippen LogP contribution in [0.2, 0.25) is 0 Å². The number of benzene rings is 1. The van der Waals surface area contributed by atoms with Crippen LogP contribution in [0, 0.1) is 12.3 Å². The minimum absolute atomic E-state index is 0.0224. The second-order valence-corrected chi connectivity index (χ2v) is 11.6. The largest absolute Gasteiger partial charge is 0.771 e. The Hall–Kier alpha value is -1.48.